The molecule has 3 aromatic heterocycles. The lowest BCUT2D eigenvalue weighted by Crippen LogP contribution is -2.25. The monoisotopic (exact) mass is 455 g/mol. The first-order valence-electron chi connectivity index (χ1n) is 11.2. The molecular formula is C25H25N7O2. The van der Waals surface area contributed by atoms with Gasteiger partial charge in [0, 0.05) is 29.7 Å². The zero-order chi connectivity index (χ0) is 23.7. The number of carbonyl (C=O) groups excluding carboxylic acids is 2. The van der Waals surface area contributed by atoms with Crippen molar-refractivity contribution in [2.45, 2.75) is 39.3 Å². The van der Waals surface area contributed by atoms with Crippen molar-refractivity contribution in [3.8, 4) is 0 Å². The van der Waals surface area contributed by atoms with E-state index in [1.54, 1.807) is 16.9 Å². The van der Waals surface area contributed by atoms with Crippen molar-refractivity contribution < 1.29 is 9.59 Å². The molecule has 0 bridgehead atoms. The number of hydrogen-bond donors (Lipinski definition) is 3. The normalized spacial score (nSPS) is 13.0. The average Bonchev–Trinajstić information content (AvgIpc) is 3.60. The van der Waals surface area contributed by atoms with Crippen molar-refractivity contribution in [1.82, 2.24) is 30.2 Å². The van der Waals surface area contributed by atoms with Gasteiger partial charge in [0.15, 0.2) is 5.82 Å². The van der Waals surface area contributed by atoms with E-state index in [1.807, 2.05) is 50.2 Å². The van der Waals surface area contributed by atoms with Gasteiger partial charge in [-0.1, -0.05) is 12.1 Å². The van der Waals surface area contributed by atoms with Crippen LogP contribution in [0.1, 0.15) is 50.4 Å². The summed E-state index contributed by atoms with van der Waals surface area (Å²) in [5.74, 6) is 0.262. The minimum absolute atomic E-state index is 0.0795. The van der Waals surface area contributed by atoms with E-state index in [0.29, 0.717) is 29.0 Å². The number of rotatable bonds is 7. The molecular weight excluding hydrogens is 430 g/mol. The van der Waals surface area contributed by atoms with Gasteiger partial charge in [0.1, 0.15) is 11.8 Å². The molecule has 172 valence electrons. The molecule has 34 heavy (non-hydrogen) atoms. The first kappa shape index (κ1) is 21.6. The largest absolute Gasteiger partial charge is 0.349 e. The first-order valence-corrected chi connectivity index (χ1v) is 11.2. The number of pyridine rings is 1. The number of aryl methyl sites for hydroxylation is 2. The van der Waals surface area contributed by atoms with Crippen LogP contribution in [0.5, 0.6) is 0 Å². The Labute approximate surface area is 196 Å². The lowest BCUT2D eigenvalue weighted by atomic mass is 10.1. The molecule has 5 rings (SSSR count). The van der Waals surface area contributed by atoms with E-state index < -0.39 is 0 Å². The molecule has 1 aromatic carbocycles. The van der Waals surface area contributed by atoms with Crippen molar-refractivity contribution in [2.24, 2.45) is 0 Å². The molecule has 0 radical (unpaired) electrons. The fraction of sp³-hybridized carbons (Fsp3) is 0.240. The second-order valence-corrected chi connectivity index (χ2v) is 8.48. The number of fused-ring (bicyclic) bond motifs is 1. The lowest BCUT2D eigenvalue weighted by molar-refractivity contribution is 0.0942. The molecule has 1 saturated carbocycles. The van der Waals surface area contributed by atoms with Crippen LogP contribution < -0.4 is 16.0 Å². The smallest absolute Gasteiger partial charge is 0.253 e. The predicted molar refractivity (Wildman–Crippen MR) is 128 cm³/mol. The highest BCUT2D eigenvalue weighted by Crippen LogP contribution is 2.28. The Kier molecular flexibility index (Phi) is 5.67. The number of benzene rings is 1. The third-order valence-corrected chi connectivity index (χ3v) is 5.89. The SMILES string of the molecule is Cc1ccc(C(=O)NC2CC2)cc1Nc1ncnn2cc(C(=O)NCc3ccccn3)c(C)c12. The topological polar surface area (TPSA) is 113 Å². The van der Waals surface area contributed by atoms with Gasteiger partial charge in [-0.2, -0.15) is 5.10 Å². The van der Waals surface area contributed by atoms with Gasteiger partial charge in [0.2, 0.25) is 0 Å². The van der Waals surface area contributed by atoms with Gasteiger partial charge in [-0.05, 0) is 62.1 Å². The number of carbonyl (C=O) groups is 2. The second-order valence-electron chi connectivity index (χ2n) is 8.48. The molecule has 9 nitrogen and oxygen atoms in total. The summed E-state index contributed by atoms with van der Waals surface area (Å²) in [5, 5.41) is 13.5. The van der Waals surface area contributed by atoms with Crippen LogP contribution in [0.4, 0.5) is 11.5 Å². The second kappa shape index (κ2) is 8.93. The summed E-state index contributed by atoms with van der Waals surface area (Å²) in [7, 11) is 0. The van der Waals surface area contributed by atoms with Gasteiger partial charge in [0.25, 0.3) is 11.8 Å². The summed E-state index contributed by atoms with van der Waals surface area (Å²) in [5.41, 5.74) is 5.06. The van der Waals surface area contributed by atoms with Crippen molar-refractivity contribution in [1.29, 1.82) is 0 Å². The van der Waals surface area contributed by atoms with Gasteiger partial charge in [0.05, 0.1) is 17.8 Å². The fourth-order valence-electron chi connectivity index (χ4n) is 3.77. The van der Waals surface area contributed by atoms with E-state index in [0.717, 1.165) is 35.3 Å². The van der Waals surface area contributed by atoms with Crippen LogP contribution in [0.3, 0.4) is 0 Å². The summed E-state index contributed by atoms with van der Waals surface area (Å²) in [6.45, 7) is 4.16. The summed E-state index contributed by atoms with van der Waals surface area (Å²) < 4.78 is 1.64. The average molecular weight is 456 g/mol. The number of nitrogens with zero attached hydrogens (tertiary/aromatic N) is 4. The molecule has 0 unspecified atom stereocenters. The highest BCUT2D eigenvalue weighted by atomic mass is 16.2. The molecule has 2 amide bonds. The minimum Gasteiger partial charge on any atom is -0.349 e. The molecule has 4 aromatic rings. The zero-order valence-corrected chi connectivity index (χ0v) is 19.0. The van der Waals surface area contributed by atoms with E-state index in [-0.39, 0.29) is 17.9 Å². The van der Waals surface area contributed by atoms with E-state index in [2.05, 4.69) is 31.0 Å². The van der Waals surface area contributed by atoms with Crippen molar-refractivity contribution >= 4 is 28.8 Å². The van der Waals surface area contributed by atoms with Crippen LogP contribution in [-0.4, -0.2) is 37.4 Å². The molecule has 0 atom stereocenters. The lowest BCUT2D eigenvalue weighted by Gasteiger charge is -2.12. The van der Waals surface area contributed by atoms with Gasteiger partial charge < -0.3 is 16.0 Å². The summed E-state index contributed by atoms with van der Waals surface area (Å²) in [4.78, 5) is 34.0. The van der Waals surface area contributed by atoms with Gasteiger partial charge >= 0.3 is 0 Å². The van der Waals surface area contributed by atoms with Gasteiger partial charge in [-0.3, -0.25) is 14.6 Å². The summed E-state index contributed by atoms with van der Waals surface area (Å²) >= 11 is 0. The van der Waals surface area contributed by atoms with Crippen LogP contribution in [-0.2, 0) is 6.54 Å². The Morgan fingerprint density at radius 3 is 2.71 bits per heavy atom. The number of anilines is 2. The van der Waals surface area contributed by atoms with Gasteiger partial charge in [-0.15, -0.1) is 0 Å². The molecule has 1 fully saturated rings. The quantitative estimate of drug-likeness (QED) is 0.394. The first-order chi connectivity index (χ1) is 16.5. The summed E-state index contributed by atoms with van der Waals surface area (Å²) in [6.07, 6.45) is 6.89. The molecule has 3 N–H and O–H groups in total. The highest BCUT2D eigenvalue weighted by Gasteiger charge is 2.24. The Morgan fingerprint density at radius 1 is 1.09 bits per heavy atom. The van der Waals surface area contributed by atoms with Crippen LogP contribution in [0, 0.1) is 13.8 Å². The minimum atomic E-state index is -0.213. The Morgan fingerprint density at radius 2 is 1.94 bits per heavy atom. The number of aromatic nitrogens is 4. The molecule has 1 aliphatic carbocycles. The standard InChI is InChI=1S/C25H25N7O2/c1-15-6-7-17(24(33)30-18-8-9-18)11-21(15)31-23-22-16(2)20(13-32(22)29-14-28-23)25(34)27-12-19-5-3-4-10-26-19/h3-7,10-11,13-14,18H,8-9,12H2,1-2H3,(H,27,34)(H,30,33)(H,28,29,31). The van der Waals surface area contributed by atoms with Crippen LogP contribution in [0.2, 0.25) is 0 Å². The van der Waals surface area contributed by atoms with Crippen LogP contribution in [0.15, 0.2) is 55.1 Å². The third kappa shape index (κ3) is 4.45. The molecule has 0 spiro atoms. The number of hydrogen-bond acceptors (Lipinski definition) is 6. The maximum Gasteiger partial charge on any atom is 0.253 e. The van der Waals surface area contributed by atoms with Crippen molar-refractivity contribution in [2.75, 3.05) is 5.32 Å². The maximum atomic E-state index is 12.9. The van der Waals surface area contributed by atoms with E-state index >= 15 is 0 Å². The predicted octanol–water partition coefficient (Wildman–Crippen LogP) is 3.31. The zero-order valence-electron chi connectivity index (χ0n) is 19.0. The van der Waals surface area contributed by atoms with Crippen LogP contribution in [0.25, 0.3) is 5.52 Å². The Hall–Kier alpha value is -4.27. The van der Waals surface area contributed by atoms with Crippen LogP contribution >= 0.6 is 0 Å². The molecule has 1 aliphatic rings. The van der Waals surface area contributed by atoms with Crippen molar-refractivity contribution in [3.05, 3.63) is 83.1 Å². The molecule has 0 aliphatic heterocycles. The Bertz CT molecular complexity index is 1380. The maximum absolute atomic E-state index is 12.9. The number of amides is 2. The fourth-order valence-corrected chi connectivity index (χ4v) is 3.77. The third-order valence-electron chi connectivity index (χ3n) is 5.89. The molecule has 3 heterocycles. The molecule has 0 saturated heterocycles. The Balaban J connectivity index is 1.41. The van der Waals surface area contributed by atoms with E-state index in [4.69, 9.17) is 0 Å². The molecule has 9 heteroatoms. The van der Waals surface area contributed by atoms with E-state index in [1.165, 1.54) is 6.33 Å². The van der Waals surface area contributed by atoms with Gasteiger partial charge in [-0.25, -0.2) is 9.50 Å². The number of nitrogens with one attached hydrogen (secondary N) is 3. The highest BCUT2D eigenvalue weighted by molar-refractivity contribution is 5.99. The van der Waals surface area contributed by atoms with Crippen molar-refractivity contribution in [3.63, 3.8) is 0 Å². The summed E-state index contributed by atoms with van der Waals surface area (Å²) in [6, 6.07) is 11.4. The van der Waals surface area contributed by atoms with E-state index in [9.17, 15) is 9.59 Å².